The molecule has 8 heteroatoms. The number of nitro groups is 1. The van der Waals surface area contributed by atoms with Gasteiger partial charge in [-0.05, 0) is 29.1 Å². The van der Waals surface area contributed by atoms with Gasteiger partial charge in [0.25, 0.3) is 11.6 Å². The molecule has 2 aromatic rings. The fourth-order valence-corrected chi connectivity index (χ4v) is 2.52. The number of hydrogen-bond donors (Lipinski definition) is 3. The minimum absolute atomic E-state index is 0.0980. The van der Waals surface area contributed by atoms with Gasteiger partial charge in [-0.1, -0.05) is 6.07 Å². The topological polar surface area (TPSA) is 113 Å². The van der Waals surface area contributed by atoms with Gasteiger partial charge in [0.2, 0.25) is 0 Å². The third kappa shape index (κ3) is 3.67. The van der Waals surface area contributed by atoms with E-state index < -0.39 is 29.6 Å². The van der Waals surface area contributed by atoms with Crippen molar-refractivity contribution in [3.8, 4) is 0 Å². The fourth-order valence-electron chi connectivity index (χ4n) is 1.90. The van der Waals surface area contributed by atoms with E-state index in [0.29, 0.717) is 10.4 Å². The Kier molecular flexibility index (Phi) is 5.21. The van der Waals surface area contributed by atoms with Gasteiger partial charge in [-0.25, -0.2) is 0 Å². The summed E-state index contributed by atoms with van der Waals surface area (Å²) in [5.74, 6) is -0.394. The minimum atomic E-state index is -1.17. The van der Waals surface area contributed by atoms with Gasteiger partial charge >= 0.3 is 0 Å². The molecule has 3 N–H and O–H groups in total. The van der Waals surface area contributed by atoms with E-state index in [2.05, 4.69) is 5.32 Å². The quantitative estimate of drug-likeness (QED) is 0.551. The molecule has 0 radical (unpaired) electrons. The molecule has 0 saturated heterocycles. The number of non-ortho nitro benzene ring substituents is 1. The molecule has 1 aromatic heterocycles. The highest BCUT2D eigenvalue weighted by Gasteiger charge is 2.23. The number of nitrogens with zero attached hydrogens (tertiary/aromatic N) is 1. The Labute approximate surface area is 130 Å². The number of aliphatic hydroxyl groups is 2. The molecule has 1 aromatic carbocycles. The summed E-state index contributed by atoms with van der Waals surface area (Å²) in [5.41, 5.74) is 0.273. The molecule has 2 atom stereocenters. The fraction of sp³-hybridized carbons (Fsp3) is 0.214. The van der Waals surface area contributed by atoms with Crippen LogP contribution < -0.4 is 5.32 Å². The second-order valence-corrected chi connectivity index (χ2v) is 5.48. The molecule has 2 rings (SSSR count). The molecule has 116 valence electrons. The number of aliphatic hydroxyl groups excluding tert-OH is 2. The van der Waals surface area contributed by atoms with Crippen LogP contribution in [-0.4, -0.2) is 33.7 Å². The van der Waals surface area contributed by atoms with E-state index in [1.807, 2.05) is 0 Å². The van der Waals surface area contributed by atoms with Gasteiger partial charge in [0, 0.05) is 12.1 Å². The zero-order valence-corrected chi connectivity index (χ0v) is 12.2. The second-order valence-electron chi connectivity index (χ2n) is 4.53. The van der Waals surface area contributed by atoms with Gasteiger partial charge in [0.05, 0.1) is 22.4 Å². The number of thiophene rings is 1. The van der Waals surface area contributed by atoms with Crippen molar-refractivity contribution in [2.75, 3.05) is 6.61 Å². The lowest BCUT2D eigenvalue weighted by atomic mass is 10.0. The molecular formula is C14H14N2O5S. The van der Waals surface area contributed by atoms with Crippen molar-refractivity contribution in [1.82, 2.24) is 5.32 Å². The minimum Gasteiger partial charge on any atom is -0.394 e. The Morgan fingerprint density at radius 1 is 1.32 bits per heavy atom. The molecule has 0 aliphatic rings. The SMILES string of the molecule is O=C(N[C@H](CO)[C@@H](O)c1ccc([N+](=O)[O-])cc1)c1cccs1. The van der Waals surface area contributed by atoms with E-state index in [9.17, 15) is 25.1 Å². The summed E-state index contributed by atoms with van der Waals surface area (Å²) in [5, 5.41) is 34.5. The summed E-state index contributed by atoms with van der Waals surface area (Å²) in [6.45, 7) is -0.463. The molecule has 0 aliphatic carbocycles. The predicted molar refractivity (Wildman–Crippen MR) is 80.7 cm³/mol. The number of carbonyl (C=O) groups excluding carboxylic acids is 1. The average molecular weight is 322 g/mol. The summed E-state index contributed by atoms with van der Waals surface area (Å²) < 4.78 is 0. The number of hydrogen-bond acceptors (Lipinski definition) is 6. The Balaban J connectivity index is 2.09. The van der Waals surface area contributed by atoms with Crippen LogP contribution in [0.5, 0.6) is 0 Å². The summed E-state index contributed by atoms with van der Waals surface area (Å²) in [6, 6.07) is 7.75. The lowest BCUT2D eigenvalue weighted by Crippen LogP contribution is -2.41. The first-order valence-electron chi connectivity index (χ1n) is 6.40. The summed E-state index contributed by atoms with van der Waals surface area (Å²) in [6.07, 6.45) is -1.17. The number of benzene rings is 1. The summed E-state index contributed by atoms with van der Waals surface area (Å²) in [7, 11) is 0. The normalized spacial score (nSPS) is 13.4. The zero-order valence-electron chi connectivity index (χ0n) is 11.4. The van der Waals surface area contributed by atoms with Gasteiger partial charge in [0.15, 0.2) is 0 Å². The van der Waals surface area contributed by atoms with Crippen LogP contribution in [0.15, 0.2) is 41.8 Å². The number of rotatable bonds is 6. The molecule has 0 spiro atoms. The Morgan fingerprint density at radius 2 is 2.00 bits per heavy atom. The van der Waals surface area contributed by atoms with E-state index in [0.717, 1.165) is 0 Å². The number of nitro benzene ring substituents is 1. The van der Waals surface area contributed by atoms with Crippen LogP contribution in [0, 0.1) is 10.1 Å². The first-order chi connectivity index (χ1) is 10.5. The van der Waals surface area contributed by atoms with E-state index in [1.54, 1.807) is 17.5 Å². The van der Waals surface area contributed by atoms with Crippen LogP contribution in [-0.2, 0) is 0 Å². The second kappa shape index (κ2) is 7.12. The summed E-state index contributed by atoms with van der Waals surface area (Å²) in [4.78, 5) is 22.5. The van der Waals surface area contributed by atoms with Gasteiger partial charge in [-0.3, -0.25) is 14.9 Å². The maximum Gasteiger partial charge on any atom is 0.269 e. The molecule has 0 saturated carbocycles. The molecule has 1 heterocycles. The van der Waals surface area contributed by atoms with E-state index in [1.165, 1.54) is 35.6 Å². The highest BCUT2D eigenvalue weighted by atomic mass is 32.1. The molecule has 22 heavy (non-hydrogen) atoms. The van der Waals surface area contributed by atoms with Crippen molar-refractivity contribution in [3.63, 3.8) is 0 Å². The molecule has 0 unspecified atom stereocenters. The Morgan fingerprint density at radius 3 is 2.50 bits per heavy atom. The van der Waals surface area contributed by atoms with Gasteiger partial charge in [-0.15, -0.1) is 11.3 Å². The van der Waals surface area contributed by atoms with E-state index in [4.69, 9.17) is 0 Å². The molecule has 0 aliphatic heterocycles. The Hall–Kier alpha value is -2.29. The van der Waals surface area contributed by atoms with Crippen molar-refractivity contribution < 1.29 is 19.9 Å². The molecule has 0 bridgehead atoms. The third-order valence-corrected chi connectivity index (χ3v) is 3.95. The maximum atomic E-state index is 11.9. The maximum absolute atomic E-state index is 11.9. The van der Waals surface area contributed by atoms with Crippen molar-refractivity contribution in [1.29, 1.82) is 0 Å². The average Bonchev–Trinajstić information content (AvgIpc) is 3.06. The number of nitrogens with one attached hydrogen (secondary N) is 1. The van der Waals surface area contributed by atoms with Crippen LogP contribution in [0.1, 0.15) is 21.3 Å². The third-order valence-electron chi connectivity index (χ3n) is 3.08. The standard InChI is InChI=1S/C14H14N2O5S/c17-8-11(15-14(19)12-2-1-7-22-12)13(18)9-3-5-10(6-4-9)16(20)21/h1-7,11,13,17-18H,8H2,(H,15,19)/t11-,13+/m1/s1. The molecule has 0 fully saturated rings. The van der Waals surface area contributed by atoms with Crippen LogP contribution in [0.2, 0.25) is 0 Å². The van der Waals surface area contributed by atoms with Crippen molar-refractivity contribution in [2.45, 2.75) is 12.1 Å². The van der Waals surface area contributed by atoms with Crippen molar-refractivity contribution in [3.05, 3.63) is 62.3 Å². The van der Waals surface area contributed by atoms with Crippen LogP contribution in [0.25, 0.3) is 0 Å². The van der Waals surface area contributed by atoms with Gasteiger partial charge in [-0.2, -0.15) is 0 Å². The lowest BCUT2D eigenvalue weighted by molar-refractivity contribution is -0.384. The lowest BCUT2D eigenvalue weighted by Gasteiger charge is -2.22. The highest BCUT2D eigenvalue weighted by molar-refractivity contribution is 7.12. The monoisotopic (exact) mass is 322 g/mol. The largest absolute Gasteiger partial charge is 0.394 e. The number of carbonyl (C=O) groups is 1. The van der Waals surface area contributed by atoms with Gasteiger partial charge in [0.1, 0.15) is 6.10 Å². The van der Waals surface area contributed by atoms with Crippen molar-refractivity contribution >= 4 is 22.9 Å². The summed E-state index contributed by atoms with van der Waals surface area (Å²) >= 11 is 1.25. The Bertz CT molecular complexity index is 642. The van der Waals surface area contributed by atoms with E-state index >= 15 is 0 Å². The smallest absolute Gasteiger partial charge is 0.269 e. The van der Waals surface area contributed by atoms with Gasteiger partial charge < -0.3 is 15.5 Å². The zero-order chi connectivity index (χ0) is 16.1. The highest BCUT2D eigenvalue weighted by Crippen LogP contribution is 2.21. The van der Waals surface area contributed by atoms with Crippen LogP contribution in [0.4, 0.5) is 5.69 Å². The first-order valence-corrected chi connectivity index (χ1v) is 7.28. The molecule has 7 nitrogen and oxygen atoms in total. The predicted octanol–water partition coefficient (Wildman–Crippen LogP) is 1.48. The first kappa shape index (κ1) is 16.1. The number of amides is 1. The molecule has 1 amide bonds. The van der Waals surface area contributed by atoms with Crippen LogP contribution in [0.3, 0.4) is 0 Å². The van der Waals surface area contributed by atoms with Crippen molar-refractivity contribution in [2.24, 2.45) is 0 Å². The molecular weight excluding hydrogens is 308 g/mol. The van der Waals surface area contributed by atoms with E-state index in [-0.39, 0.29) is 5.69 Å². The van der Waals surface area contributed by atoms with Crippen LogP contribution >= 0.6 is 11.3 Å².